The quantitative estimate of drug-likeness (QED) is 0.533. The Bertz CT molecular complexity index is 300. The van der Waals surface area contributed by atoms with E-state index in [2.05, 4.69) is 5.32 Å². The summed E-state index contributed by atoms with van der Waals surface area (Å²) >= 11 is 0. The molecule has 0 aromatic carbocycles. The third kappa shape index (κ3) is 8.34. The molecular formula is C8H18N2O4S. The third-order valence-corrected chi connectivity index (χ3v) is 2.53. The predicted molar refractivity (Wildman–Crippen MR) is 56.9 cm³/mol. The van der Waals surface area contributed by atoms with E-state index in [0.29, 0.717) is 12.5 Å². The minimum atomic E-state index is -4.20. The van der Waals surface area contributed by atoms with Gasteiger partial charge >= 0.3 is 0 Å². The van der Waals surface area contributed by atoms with Gasteiger partial charge in [-0.3, -0.25) is 9.35 Å². The van der Waals surface area contributed by atoms with Gasteiger partial charge in [0.25, 0.3) is 10.1 Å². The highest BCUT2D eigenvalue weighted by molar-refractivity contribution is 7.85. The van der Waals surface area contributed by atoms with Crippen molar-refractivity contribution in [2.75, 3.05) is 12.3 Å². The first-order valence-corrected chi connectivity index (χ1v) is 6.31. The van der Waals surface area contributed by atoms with Crippen LogP contribution in [-0.2, 0) is 14.9 Å². The van der Waals surface area contributed by atoms with Gasteiger partial charge in [0.15, 0.2) is 0 Å². The Kier molecular flexibility index (Phi) is 5.77. The average molecular weight is 238 g/mol. The molecule has 0 bridgehead atoms. The van der Waals surface area contributed by atoms with Crippen LogP contribution in [0.4, 0.5) is 0 Å². The highest BCUT2D eigenvalue weighted by Crippen LogP contribution is 1.96. The van der Waals surface area contributed by atoms with Crippen molar-refractivity contribution in [3.63, 3.8) is 0 Å². The van der Waals surface area contributed by atoms with Gasteiger partial charge in [0.05, 0.1) is 5.75 Å². The molecule has 0 saturated heterocycles. The molecule has 1 unspecified atom stereocenters. The molecule has 0 rings (SSSR count). The molecule has 1 amide bonds. The fourth-order valence-corrected chi connectivity index (χ4v) is 1.52. The van der Waals surface area contributed by atoms with Crippen LogP contribution in [0, 0.1) is 5.92 Å². The lowest BCUT2D eigenvalue weighted by atomic mass is 10.1. The van der Waals surface area contributed by atoms with E-state index in [0.717, 1.165) is 6.42 Å². The predicted octanol–water partition coefficient (Wildman–Crippen LogP) is -0.636. The van der Waals surface area contributed by atoms with Crippen molar-refractivity contribution in [1.82, 2.24) is 5.32 Å². The first-order chi connectivity index (χ1) is 6.72. The van der Waals surface area contributed by atoms with Crippen molar-refractivity contribution in [3.8, 4) is 0 Å². The zero-order valence-electron chi connectivity index (χ0n) is 8.93. The van der Waals surface area contributed by atoms with Crippen LogP contribution in [0.3, 0.4) is 0 Å². The van der Waals surface area contributed by atoms with E-state index in [4.69, 9.17) is 10.3 Å². The Balaban J connectivity index is 3.90. The lowest BCUT2D eigenvalue weighted by Crippen LogP contribution is -2.45. The summed E-state index contributed by atoms with van der Waals surface area (Å²) in [4.78, 5) is 11.2. The number of nitrogens with two attached hydrogens (primary N) is 1. The number of rotatable bonds is 6. The molecule has 0 heterocycles. The van der Waals surface area contributed by atoms with E-state index in [-0.39, 0.29) is 0 Å². The maximum atomic E-state index is 11.2. The van der Waals surface area contributed by atoms with Crippen molar-refractivity contribution >= 4 is 16.0 Å². The van der Waals surface area contributed by atoms with Crippen LogP contribution >= 0.6 is 0 Å². The fraction of sp³-hybridized carbons (Fsp3) is 0.875. The van der Waals surface area contributed by atoms with Gasteiger partial charge in [0.2, 0.25) is 5.91 Å². The number of carbonyl (C=O) groups is 1. The molecule has 90 valence electrons. The number of hydrogen-bond donors (Lipinski definition) is 3. The SMILES string of the molecule is CC(C)CCNC(=O)C(N)CS(=O)(=O)O. The van der Waals surface area contributed by atoms with E-state index >= 15 is 0 Å². The van der Waals surface area contributed by atoms with Crippen LogP contribution < -0.4 is 11.1 Å². The lowest BCUT2D eigenvalue weighted by Gasteiger charge is -2.11. The Hall–Kier alpha value is -0.660. The molecule has 7 heteroatoms. The van der Waals surface area contributed by atoms with Crippen molar-refractivity contribution in [1.29, 1.82) is 0 Å². The molecule has 6 nitrogen and oxygen atoms in total. The molecule has 4 N–H and O–H groups in total. The maximum Gasteiger partial charge on any atom is 0.266 e. The molecule has 0 aliphatic heterocycles. The topological polar surface area (TPSA) is 109 Å². The van der Waals surface area contributed by atoms with Crippen LogP contribution in [-0.4, -0.2) is 37.2 Å². The summed E-state index contributed by atoms with van der Waals surface area (Å²) in [5.74, 6) is -0.864. The number of amides is 1. The molecule has 0 fully saturated rings. The first kappa shape index (κ1) is 14.3. The Morgan fingerprint density at radius 1 is 1.47 bits per heavy atom. The number of hydrogen-bond acceptors (Lipinski definition) is 4. The second-order valence-corrected chi connectivity index (χ2v) is 5.33. The van der Waals surface area contributed by atoms with Crippen LogP contribution in [0.5, 0.6) is 0 Å². The van der Waals surface area contributed by atoms with Gasteiger partial charge in [0, 0.05) is 6.54 Å². The summed E-state index contributed by atoms with van der Waals surface area (Å²) in [5.41, 5.74) is 5.27. The highest BCUT2D eigenvalue weighted by atomic mass is 32.2. The zero-order valence-corrected chi connectivity index (χ0v) is 9.75. The first-order valence-electron chi connectivity index (χ1n) is 4.71. The van der Waals surface area contributed by atoms with Gasteiger partial charge in [-0.15, -0.1) is 0 Å². The summed E-state index contributed by atoms with van der Waals surface area (Å²) in [6, 6.07) is -1.22. The van der Waals surface area contributed by atoms with E-state index in [1.165, 1.54) is 0 Å². The maximum absolute atomic E-state index is 11.2. The molecular weight excluding hydrogens is 220 g/mol. The minimum absolute atomic E-state index is 0.447. The van der Waals surface area contributed by atoms with Crippen LogP contribution in [0.15, 0.2) is 0 Å². The second kappa shape index (κ2) is 6.04. The van der Waals surface area contributed by atoms with Crippen molar-refractivity contribution in [2.45, 2.75) is 26.3 Å². The molecule has 15 heavy (non-hydrogen) atoms. The lowest BCUT2D eigenvalue weighted by molar-refractivity contribution is -0.121. The van der Waals surface area contributed by atoms with Gasteiger partial charge in [-0.25, -0.2) is 0 Å². The molecule has 0 spiro atoms. The molecule has 0 aromatic heterocycles. The minimum Gasteiger partial charge on any atom is -0.355 e. The molecule has 0 radical (unpaired) electrons. The summed E-state index contributed by atoms with van der Waals surface area (Å²) < 4.78 is 29.3. The van der Waals surface area contributed by atoms with E-state index in [9.17, 15) is 13.2 Å². The summed E-state index contributed by atoms with van der Waals surface area (Å²) in [6.07, 6.45) is 0.796. The van der Waals surface area contributed by atoms with Gasteiger partial charge in [0.1, 0.15) is 6.04 Å². The molecule has 0 aromatic rings. The fourth-order valence-electron chi connectivity index (χ4n) is 0.918. The molecule has 0 saturated carbocycles. The van der Waals surface area contributed by atoms with Crippen LogP contribution in [0.25, 0.3) is 0 Å². The van der Waals surface area contributed by atoms with E-state index < -0.39 is 27.8 Å². The number of carbonyl (C=O) groups excluding carboxylic acids is 1. The van der Waals surface area contributed by atoms with Crippen molar-refractivity contribution in [2.24, 2.45) is 11.7 Å². The third-order valence-electron chi connectivity index (χ3n) is 1.75. The Morgan fingerprint density at radius 2 is 2.00 bits per heavy atom. The molecule has 1 atom stereocenters. The zero-order chi connectivity index (χ0) is 12.1. The Labute approximate surface area is 90.0 Å². The van der Waals surface area contributed by atoms with Crippen molar-refractivity contribution in [3.05, 3.63) is 0 Å². The standard InChI is InChI=1S/C8H18N2O4S/c1-6(2)3-4-10-8(11)7(9)5-15(12,13)14/h6-7H,3-5,9H2,1-2H3,(H,10,11)(H,12,13,14). The summed E-state index contributed by atoms with van der Waals surface area (Å²) in [6.45, 7) is 4.46. The van der Waals surface area contributed by atoms with Gasteiger partial charge in [-0.2, -0.15) is 8.42 Å². The van der Waals surface area contributed by atoms with E-state index in [1.54, 1.807) is 0 Å². The second-order valence-electron chi connectivity index (χ2n) is 3.83. The largest absolute Gasteiger partial charge is 0.355 e. The molecule has 0 aliphatic rings. The van der Waals surface area contributed by atoms with Gasteiger partial charge < -0.3 is 11.1 Å². The number of nitrogens with one attached hydrogen (secondary N) is 1. The normalized spacial score (nSPS) is 13.9. The van der Waals surface area contributed by atoms with Crippen LogP contribution in [0.1, 0.15) is 20.3 Å². The van der Waals surface area contributed by atoms with Gasteiger partial charge in [-0.05, 0) is 12.3 Å². The van der Waals surface area contributed by atoms with E-state index in [1.807, 2.05) is 13.8 Å². The molecule has 0 aliphatic carbocycles. The van der Waals surface area contributed by atoms with Crippen LogP contribution in [0.2, 0.25) is 0 Å². The highest BCUT2D eigenvalue weighted by Gasteiger charge is 2.19. The summed E-state index contributed by atoms with van der Waals surface area (Å²) in [7, 11) is -4.20. The summed E-state index contributed by atoms with van der Waals surface area (Å²) in [5, 5.41) is 2.50. The average Bonchev–Trinajstić information content (AvgIpc) is 1.99. The van der Waals surface area contributed by atoms with Crippen molar-refractivity contribution < 1.29 is 17.8 Å². The Morgan fingerprint density at radius 3 is 2.40 bits per heavy atom. The smallest absolute Gasteiger partial charge is 0.266 e. The monoisotopic (exact) mass is 238 g/mol. The van der Waals surface area contributed by atoms with Gasteiger partial charge in [-0.1, -0.05) is 13.8 Å².